The third-order valence-corrected chi connectivity index (χ3v) is 4.99. The van der Waals surface area contributed by atoms with Crippen LogP contribution in [0.5, 0.6) is 23.5 Å². The minimum atomic E-state index is -0.874. The molecule has 1 aromatic carbocycles. The van der Waals surface area contributed by atoms with E-state index < -0.39 is 11.2 Å². The molecule has 0 spiro atoms. The van der Waals surface area contributed by atoms with Gasteiger partial charge in [0.05, 0.1) is 33.5 Å². The molecule has 2 aromatic rings. The molecule has 1 fully saturated rings. The molecule has 0 radical (unpaired) electrons. The summed E-state index contributed by atoms with van der Waals surface area (Å²) in [5.41, 5.74) is 1.03. The summed E-state index contributed by atoms with van der Waals surface area (Å²) in [6.45, 7) is 6.77. The molecule has 0 atom stereocenters. The number of hydrogen-bond donors (Lipinski definition) is 0. The van der Waals surface area contributed by atoms with Crippen molar-refractivity contribution in [2.45, 2.75) is 39.4 Å². The van der Waals surface area contributed by atoms with Gasteiger partial charge in [0, 0.05) is 23.0 Å². The molecule has 0 bridgehead atoms. The number of nitrogens with zero attached hydrogens (tertiary/aromatic N) is 2. The number of aromatic nitrogens is 2. The van der Waals surface area contributed by atoms with E-state index in [2.05, 4.69) is 9.97 Å². The maximum Gasteiger partial charge on any atom is 0.328 e. The van der Waals surface area contributed by atoms with E-state index in [1.807, 2.05) is 39.0 Å². The van der Waals surface area contributed by atoms with Crippen LogP contribution in [0.3, 0.4) is 0 Å². The lowest BCUT2D eigenvalue weighted by molar-refractivity contribution is -0.168. The first-order valence-electron chi connectivity index (χ1n) is 9.88. The molecular weight excluding hydrogens is 388 g/mol. The quantitative estimate of drug-likeness (QED) is 0.572. The summed E-state index contributed by atoms with van der Waals surface area (Å²) < 4.78 is 28.5. The highest BCUT2D eigenvalue weighted by molar-refractivity contribution is 5.60. The van der Waals surface area contributed by atoms with Crippen molar-refractivity contribution >= 4 is 6.29 Å². The van der Waals surface area contributed by atoms with E-state index in [1.54, 1.807) is 6.07 Å². The highest BCUT2D eigenvalue weighted by Gasteiger charge is 2.40. The van der Waals surface area contributed by atoms with E-state index in [1.165, 1.54) is 14.2 Å². The van der Waals surface area contributed by atoms with Gasteiger partial charge in [-0.25, -0.2) is 0 Å². The predicted octanol–water partition coefficient (Wildman–Crippen LogP) is 3.66. The molecule has 1 aromatic heterocycles. The Morgan fingerprint density at radius 3 is 2.30 bits per heavy atom. The van der Waals surface area contributed by atoms with Gasteiger partial charge in [-0.2, -0.15) is 9.97 Å². The van der Waals surface area contributed by atoms with Gasteiger partial charge in [-0.15, -0.1) is 0 Å². The lowest BCUT2D eigenvalue weighted by atomic mass is 9.83. The van der Waals surface area contributed by atoms with Crippen LogP contribution in [-0.4, -0.2) is 43.7 Å². The van der Waals surface area contributed by atoms with Crippen LogP contribution in [-0.2, 0) is 26.5 Å². The molecule has 30 heavy (non-hydrogen) atoms. The van der Waals surface area contributed by atoms with Crippen molar-refractivity contribution in [2.24, 2.45) is 5.41 Å². The molecule has 3 rings (SSSR count). The molecule has 0 saturated carbocycles. The average molecular weight is 416 g/mol. The van der Waals surface area contributed by atoms with E-state index in [9.17, 15) is 4.79 Å². The summed E-state index contributed by atoms with van der Waals surface area (Å²) in [6.07, 6.45) is 1.99. The number of ether oxygens (including phenoxy) is 5. The SMILES string of the molecule is CCC1(c2cccc(Oc3nc(OC)cc(OC)n3)c2CC(C)(C)C=O)OCCO1. The van der Waals surface area contributed by atoms with Crippen molar-refractivity contribution < 1.29 is 28.5 Å². The van der Waals surface area contributed by atoms with Crippen LogP contribution in [0.2, 0.25) is 0 Å². The van der Waals surface area contributed by atoms with Gasteiger partial charge in [0.15, 0.2) is 5.79 Å². The monoisotopic (exact) mass is 416 g/mol. The standard InChI is InChI=1S/C22H28N2O6/c1-6-22(28-10-11-29-22)16-8-7-9-17(15(16)13-21(2,3)14-25)30-20-23-18(26-4)12-19(24-20)27-5/h7-9,12,14H,6,10-11,13H2,1-5H3. The Morgan fingerprint density at radius 1 is 1.13 bits per heavy atom. The van der Waals surface area contributed by atoms with Gasteiger partial charge in [-0.3, -0.25) is 0 Å². The van der Waals surface area contributed by atoms with E-state index in [0.29, 0.717) is 43.6 Å². The minimum absolute atomic E-state index is 0.0762. The molecule has 162 valence electrons. The molecule has 0 aliphatic carbocycles. The molecule has 2 heterocycles. The predicted molar refractivity (Wildman–Crippen MR) is 109 cm³/mol. The van der Waals surface area contributed by atoms with Crippen LogP contribution in [0.1, 0.15) is 38.3 Å². The number of methoxy groups -OCH3 is 2. The number of carbonyl (C=O) groups excluding carboxylic acids is 1. The molecule has 1 aliphatic rings. The second-order valence-corrected chi connectivity index (χ2v) is 7.71. The number of rotatable bonds is 9. The molecule has 0 unspecified atom stereocenters. The zero-order valence-electron chi connectivity index (χ0n) is 18.1. The van der Waals surface area contributed by atoms with Crippen LogP contribution in [0.15, 0.2) is 24.3 Å². The molecule has 1 saturated heterocycles. The zero-order valence-corrected chi connectivity index (χ0v) is 18.1. The van der Waals surface area contributed by atoms with Gasteiger partial charge in [0.25, 0.3) is 0 Å². The van der Waals surface area contributed by atoms with Crippen LogP contribution < -0.4 is 14.2 Å². The number of benzene rings is 1. The Hall–Kier alpha value is -2.71. The normalized spacial score (nSPS) is 15.6. The summed E-state index contributed by atoms with van der Waals surface area (Å²) in [4.78, 5) is 20.2. The van der Waals surface area contributed by atoms with Crippen molar-refractivity contribution in [3.8, 4) is 23.5 Å². The van der Waals surface area contributed by atoms with Crippen LogP contribution in [0.4, 0.5) is 0 Å². The van der Waals surface area contributed by atoms with Gasteiger partial charge < -0.3 is 28.5 Å². The first-order chi connectivity index (χ1) is 14.4. The lowest BCUT2D eigenvalue weighted by Crippen LogP contribution is -2.29. The Balaban J connectivity index is 2.10. The Morgan fingerprint density at radius 2 is 1.77 bits per heavy atom. The minimum Gasteiger partial charge on any atom is -0.481 e. The summed E-state index contributed by atoms with van der Waals surface area (Å²) in [6, 6.07) is 7.26. The van der Waals surface area contributed by atoms with Gasteiger partial charge in [-0.05, 0) is 12.5 Å². The first kappa shape index (κ1) is 22.0. The maximum atomic E-state index is 11.7. The van der Waals surface area contributed by atoms with Gasteiger partial charge in [0.2, 0.25) is 11.8 Å². The van der Waals surface area contributed by atoms with Crippen LogP contribution in [0, 0.1) is 5.41 Å². The molecule has 0 amide bonds. The number of hydrogen-bond acceptors (Lipinski definition) is 8. The Bertz CT molecular complexity index is 871. The summed E-state index contributed by atoms with van der Waals surface area (Å²) in [5.74, 6) is 0.274. The molecule has 8 nitrogen and oxygen atoms in total. The summed E-state index contributed by atoms with van der Waals surface area (Å²) in [7, 11) is 3.01. The van der Waals surface area contributed by atoms with E-state index in [0.717, 1.165) is 17.4 Å². The van der Waals surface area contributed by atoms with Gasteiger partial charge in [-0.1, -0.05) is 32.9 Å². The largest absolute Gasteiger partial charge is 0.481 e. The van der Waals surface area contributed by atoms with Crippen LogP contribution in [0.25, 0.3) is 0 Å². The van der Waals surface area contributed by atoms with Crippen molar-refractivity contribution in [1.29, 1.82) is 0 Å². The van der Waals surface area contributed by atoms with Crippen molar-refractivity contribution in [2.75, 3.05) is 27.4 Å². The fourth-order valence-electron chi connectivity index (χ4n) is 3.44. The fourth-order valence-corrected chi connectivity index (χ4v) is 3.44. The third kappa shape index (κ3) is 4.55. The summed E-state index contributed by atoms with van der Waals surface area (Å²) >= 11 is 0. The second kappa shape index (κ2) is 8.97. The topological polar surface area (TPSA) is 89.0 Å². The van der Waals surface area contributed by atoms with Crippen molar-refractivity contribution in [3.63, 3.8) is 0 Å². The smallest absolute Gasteiger partial charge is 0.328 e. The first-order valence-corrected chi connectivity index (χ1v) is 9.88. The van der Waals surface area contributed by atoms with Crippen molar-refractivity contribution in [1.82, 2.24) is 9.97 Å². The van der Waals surface area contributed by atoms with E-state index in [4.69, 9.17) is 23.7 Å². The third-order valence-electron chi connectivity index (χ3n) is 4.99. The molecular formula is C22H28N2O6. The average Bonchev–Trinajstić information content (AvgIpc) is 3.24. The van der Waals surface area contributed by atoms with Crippen molar-refractivity contribution in [3.05, 3.63) is 35.4 Å². The number of aldehydes is 1. The molecule has 0 N–H and O–H groups in total. The lowest BCUT2D eigenvalue weighted by Gasteiger charge is -2.31. The van der Waals surface area contributed by atoms with E-state index >= 15 is 0 Å². The highest BCUT2D eigenvalue weighted by Crippen LogP contribution is 2.42. The summed E-state index contributed by atoms with van der Waals surface area (Å²) in [5, 5.41) is 0. The Kier molecular flexibility index (Phi) is 6.58. The van der Waals surface area contributed by atoms with Gasteiger partial charge >= 0.3 is 6.01 Å². The molecule has 1 aliphatic heterocycles. The highest BCUT2D eigenvalue weighted by atomic mass is 16.7. The zero-order chi connectivity index (χ0) is 21.8. The van der Waals surface area contributed by atoms with E-state index in [-0.39, 0.29) is 6.01 Å². The van der Waals surface area contributed by atoms with Gasteiger partial charge in [0.1, 0.15) is 12.0 Å². The van der Waals surface area contributed by atoms with Crippen LogP contribution >= 0.6 is 0 Å². The Labute approximate surface area is 176 Å². The second-order valence-electron chi connectivity index (χ2n) is 7.71. The number of carbonyl (C=O) groups is 1. The maximum absolute atomic E-state index is 11.7. The molecule has 8 heteroatoms. The fraction of sp³-hybridized carbons (Fsp3) is 0.500.